The molecule has 0 bridgehead atoms. The van der Waals surface area contributed by atoms with Crippen LogP contribution in [0.25, 0.3) is 21.8 Å². The number of nitrogens with zero attached hydrogens (tertiary/aromatic N) is 1. The second kappa shape index (κ2) is 7.38. The predicted molar refractivity (Wildman–Crippen MR) is 104 cm³/mol. The van der Waals surface area contributed by atoms with Gasteiger partial charge in [0.1, 0.15) is 11.5 Å². The third-order valence-electron chi connectivity index (χ3n) is 4.17. The highest BCUT2D eigenvalue weighted by Gasteiger charge is 2.18. The first kappa shape index (κ1) is 18.1. The van der Waals surface area contributed by atoms with E-state index < -0.39 is 6.16 Å². The van der Waals surface area contributed by atoms with Crippen LogP contribution in [-0.2, 0) is 11.3 Å². The molecule has 4 rings (SSSR count). The lowest BCUT2D eigenvalue weighted by Crippen LogP contribution is -2.07. The lowest BCUT2D eigenvalue weighted by molar-refractivity contribution is 0.139. The van der Waals surface area contributed by atoms with E-state index in [0.29, 0.717) is 22.1 Å². The van der Waals surface area contributed by atoms with E-state index in [4.69, 9.17) is 30.9 Å². The first-order chi connectivity index (χ1) is 13.5. The van der Waals surface area contributed by atoms with Crippen LogP contribution < -0.4 is 9.47 Å². The summed E-state index contributed by atoms with van der Waals surface area (Å²) in [7, 11) is 1.52. The van der Waals surface area contributed by atoms with Gasteiger partial charge in [-0.15, -0.1) is 0 Å². The zero-order valence-corrected chi connectivity index (χ0v) is 15.5. The maximum Gasteiger partial charge on any atom is 0.512 e. The van der Waals surface area contributed by atoms with Crippen molar-refractivity contribution in [2.75, 3.05) is 7.11 Å². The number of methoxy groups -OCH3 is 1. The lowest BCUT2D eigenvalue weighted by Gasteiger charge is -2.09. The number of halogens is 1. The molecule has 0 fully saturated rings. The molecule has 28 heavy (non-hydrogen) atoms. The van der Waals surface area contributed by atoms with Gasteiger partial charge in [0.05, 0.1) is 23.9 Å². The van der Waals surface area contributed by atoms with Gasteiger partial charge in [-0.05, 0) is 36.4 Å². The van der Waals surface area contributed by atoms with Crippen molar-refractivity contribution in [1.29, 1.82) is 0 Å². The van der Waals surface area contributed by atoms with Gasteiger partial charge in [0.25, 0.3) is 0 Å². The number of H-pyrrole nitrogens is 1. The Morgan fingerprint density at radius 2 is 2.00 bits per heavy atom. The zero-order chi connectivity index (χ0) is 19.7. The average Bonchev–Trinajstić information content (AvgIpc) is 3.01. The van der Waals surface area contributed by atoms with Crippen molar-refractivity contribution >= 4 is 39.6 Å². The number of aromatic nitrogens is 2. The summed E-state index contributed by atoms with van der Waals surface area (Å²) in [6.07, 6.45) is 0.0959. The van der Waals surface area contributed by atoms with Crippen molar-refractivity contribution in [2.24, 2.45) is 0 Å². The summed E-state index contributed by atoms with van der Waals surface area (Å²) in [6.45, 7) is 0.138. The minimum Gasteiger partial charge on any atom is -0.457 e. The van der Waals surface area contributed by atoms with Gasteiger partial charge in [-0.3, -0.25) is 0 Å². The van der Waals surface area contributed by atoms with Gasteiger partial charge in [-0.2, -0.15) is 0 Å². The molecule has 0 saturated heterocycles. The fourth-order valence-corrected chi connectivity index (χ4v) is 3.28. The summed E-state index contributed by atoms with van der Waals surface area (Å²) in [6, 6.07) is 12.7. The number of ether oxygens (including phenoxy) is 3. The summed E-state index contributed by atoms with van der Waals surface area (Å²) < 4.78 is 16.0. The molecule has 0 amide bonds. The van der Waals surface area contributed by atoms with Crippen LogP contribution in [0.3, 0.4) is 0 Å². The van der Waals surface area contributed by atoms with Gasteiger partial charge in [-0.1, -0.05) is 17.7 Å². The molecule has 0 radical (unpaired) electrons. The second-order valence-corrected chi connectivity index (χ2v) is 6.46. The molecule has 142 valence electrons. The third-order valence-corrected chi connectivity index (χ3v) is 4.41. The van der Waals surface area contributed by atoms with Crippen molar-refractivity contribution in [3.63, 3.8) is 0 Å². The van der Waals surface area contributed by atoms with Crippen molar-refractivity contribution in [1.82, 2.24) is 9.97 Å². The Morgan fingerprint density at radius 1 is 1.18 bits per heavy atom. The van der Waals surface area contributed by atoms with Crippen LogP contribution in [0.4, 0.5) is 4.79 Å². The van der Waals surface area contributed by atoms with E-state index in [0.717, 1.165) is 21.8 Å². The first-order valence-electron chi connectivity index (χ1n) is 8.31. The highest BCUT2D eigenvalue weighted by molar-refractivity contribution is 6.30. The van der Waals surface area contributed by atoms with Gasteiger partial charge in [0, 0.05) is 28.4 Å². The number of carboxylic acid groups (broad SMARTS) is 1. The van der Waals surface area contributed by atoms with Gasteiger partial charge < -0.3 is 24.3 Å². The Kier molecular flexibility index (Phi) is 4.77. The maximum absolute atomic E-state index is 11.0. The maximum atomic E-state index is 11.0. The van der Waals surface area contributed by atoms with E-state index in [-0.39, 0.29) is 12.5 Å². The van der Waals surface area contributed by atoms with Crippen LogP contribution in [-0.4, -0.2) is 28.3 Å². The van der Waals surface area contributed by atoms with Crippen LogP contribution in [0.15, 0.2) is 48.7 Å². The van der Waals surface area contributed by atoms with Gasteiger partial charge in [-0.25, -0.2) is 9.78 Å². The number of hydrogen-bond donors (Lipinski definition) is 2. The molecule has 0 aliphatic carbocycles. The number of fused-ring (bicyclic) bond motifs is 3. The number of pyridine rings is 1. The lowest BCUT2D eigenvalue weighted by atomic mass is 10.1. The highest BCUT2D eigenvalue weighted by Crippen LogP contribution is 2.36. The minimum absolute atomic E-state index is 0.0103. The standard InChI is InChI=1S/C20H15ClN2O5/c1-26-10-15-18-14-8-13(27-12-4-2-3-11(21)7-12)5-6-16(14)23-17(18)9-22-19(15)28-20(24)25/h2-9,23H,10H2,1H3,(H,24,25). The first-order valence-corrected chi connectivity index (χ1v) is 8.69. The van der Waals surface area contributed by atoms with Crippen molar-refractivity contribution in [2.45, 2.75) is 6.61 Å². The topological polar surface area (TPSA) is 93.7 Å². The number of benzene rings is 2. The number of carbonyl (C=O) groups is 1. The summed E-state index contributed by atoms with van der Waals surface area (Å²) >= 11 is 6.01. The molecule has 0 atom stereocenters. The monoisotopic (exact) mass is 398 g/mol. The summed E-state index contributed by atoms with van der Waals surface area (Å²) in [5.74, 6) is 1.21. The molecule has 0 saturated carbocycles. The highest BCUT2D eigenvalue weighted by atomic mass is 35.5. The molecular formula is C20H15ClN2O5. The van der Waals surface area contributed by atoms with Crippen LogP contribution >= 0.6 is 11.6 Å². The smallest absolute Gasteiger partial charge is 0.457 e. The Bertz CT molecular complexity index is 1190. The molecule has 2 aromatic heterocycles. The third kappa shape index (κ3) is 3.45. The van der Waals surface area contributed by atoms with E-state index in [2.05, 4.69) is 9.97 Å². The van der Waals surface area contributed by atoms with E-state index in [1.165, 1.54) is 13.3 Å². The van der Waals surface area contributed by atoms with E-state index >= 15 is 0 Å². The molecule has 4 aromatic rings. The Hall–Kier alpha value is -3.29. The molecule has 7 nitrogen and oxygen atoms in total. The van der Waals surface area contributed by atoms with Crippen LogP contribution in [0.5, 0.6) is 17.4 Å². The van der Waals surface area contributed by atoms with Crippen LogP contribution in [0, 0.1) is 0 Å². The molecule has 0 aliphatic rings. The van der Waals surface area contributed by atoms with Gasteiger partial charge in [0.15, 0.2) is 0 Å². The Morgan fingerprint density at radius 3 is 2.75 bits per heavy atom. The molecule has 0 unspecified atom stereocenters. The SMILES string of the molecule is COCc1c(OC(=O)O)ncc2[nH]c3ccc(Oc4cccc(Cl)c4)cc3c12. The molecule has 0 aliphatic heterocycles. The molecule has 2 N–H and O–H groups in total. The largest absolute Gasteiger partial charge is 0.512 e. The molecule has 2 heterocycles. The fraction of sp³-hybridized carbons (Fsp3) is 0.100. The number of hydrogen-bond acceptors (Lipinski definition) is 5. The van der Waals surface area contributed by atoms with Crippen LogP contribution in [0.2, 0.25) is 5.02 Å². The van der Waals surface area contributed by atoms with Crippen molar-refractivity contribution in [3.8, 4) is 17.4 Å². The fourth-order valence-electron chi connectivity index (χ4n) is 3.10. The van der Waals surface area contributed by atoms with Gasteiger partial charge in [0.2, 0.25) is 5.88 Å². The number of nitrogens with one attached hydrogen (secondary N) is 1. The van der Waals surface area contributed by atoms with Crippen molar-refractivity contribution < 1.29 is 24.1 Å². The molecule has 2 aromatic carbocycles. The number of aromatic amines is 1. The van der Waals surface area contributed by atoms with E-state index in [1.54, 1.807) is 18.2 Å². The number of rotatable bonds is 5. The summed E-state index contributed by atoms with van der Waals surface area (Å²) in [4.78, 5) is 18.4. The summed E-state index contributed by atoms with van der Waals surface area (Å²) in [5, 5.41) is 11.2. The summed E-state index contributed by atoms with van der Waals surface area (Å²) in [5.41, 5.74) is 2.12. The van der Waals surface area contributed by atoms with E-state index in [9.17, 15) is 4.79 Å². The quantitative estimate of drug-likeness (QED) is 0.439. The predicted octanol–water partition coefficient (Wildman–Crippen LogP) is 5.37. The van der Waals surface area contributed by atoms with Gasteiger partial charge >= 0.3 is 6.16 Å². The minimum atomic E-state index is -1.44. The molecule has 8 heteroatoms. The molecular weight excluding hydrogens is 384 g/mol. The normalized spacial score (nSPS) is 11.1. The molecule has 0 spiro atoms. The Labute approximate surface area is 164 Å². The van der Waals surface area contributed by atoms with Crippen LogP contribution in [0.1, 0.15) is 5.56 Å². The van der Waals surface area contributed by atoms with Crippen molar-refractivity contribution in [3.05, 3.63) is 59.2 Å². The zero-order valence-electron chi connectivity index (χ0n) is 14.7. The van der Waals surface area contributed by atoms with E-state index in [1.807, 2.05) is 24.3 Å². The second-order valence-electron chi connectivity index (χ2n) is 6.02. The average molecular weight is 399 g/mol. The Balaban J connectivity index is 1.86.